The molecule has 0 unspecified atom stereocenters. The van der Waals surface area contributed by atoms with Gasteiger partial charge in [0, 0.05) is 19.6 Å². The van der Waals surface area contributed by atoms with Gasteiger partial charge in [0.05, 0.1) is 0 Å². The lowest BCUT2D eigenvalue weighted by Gasteiger charge is -2.29. The molecule has 2 N–H and O–H groups in total. The van der Waals surface area contributed by atoms with Crippen molar-refractivity contribution in [1.29, 1.82) is 0 Å². The molecule has 0 radical (unpaired) electrons. The second kappa shape index (κ2) is 6.36. The fraction of sp³-hybridized carbons (Fsp3) is 0.500. The van der Waals surface area contributed by atoms with E-state index in [1.165, 1.54) is 17.1 Å². The molecule has 20 heavy (non-hydrogen) atoms. The second-order valence-corrected chi connectivity index (χ2v) is 5.04. The smallest absolute Gasteiger partial charge is 0.314 e. The van der Waals surface area contributed by atoms with Gasteiger partial charge in [0.25, 0.3) is 11.8 Å². The van der Waals surface area contributed by atoms with Crippen LogP contribution in [0.25, 0.3) is 0 Å². The average Bonchev–Trinajstić information content (AvgIpc) is 2.45. The molecule has 0 aromatic heterocycles. The van der Waals surface area contributed by atoms with E-state index >= 15 is 0 Å². The van der Waals surface area contributed by atoms with Crippen molar-refractivity contribution < 1.29 is 14.4 Å². The number of nitrogens with two attached hydrogens (primary N) is 1. The summed E-state index contributed by atoms with van der Waals surface area (Å²) >= 11 is 0. The number of imide groups is 1. The van der Waals surface area contributed by atoms with Crippen molar-refractivity contribution in [2.24, 2.45) is 11.7 Å². The summed E-state index contributed by atoms with van der Waals surface area (Å²) in [4.78, 5) is 37.3. The molecule has 1 fully saturated rings. The van der Waals surface area contributed by atoms with Crippen molar-refractivity contribution in [3.8, 4) is 0 Å². The Bertz CT molecular complexity index is 462. The first kappa shape index (κ1) is 14.3. The Morgan fingerprint density at radius 3 is 2.55 bits per heavy atom. The van der Waals surface area contributed by atoms with E-state index < -0.39 is 6.03 Å². The Balaban J connectivity index is 1.84. The van der Waals surface area contributed by atoms with Gasteiger partial charge in [-0.1, -0.05) is 12.2 Å². The Labute approximate surface area is 117 Å². The SMILES string of the molecule is NC(=O)N1CCC(C=CC(=O)N2CCC=CC2=O)CC1. The van der Waals surface area contributed by atoms with Gasteiger partial charge >= 0.3 is 6.03 Å². The van der Waals surface area contributed by atoms with Crippen LogP contribution in [-0.4, -0.2) is 47.3 Å². The summed E-state index contributed by atoms with van der Waals surface area (Å²) in [6.07, 6.45) is 8.81. The van der Waals surface area contributed by atoms with Gasteiger partial charge in [0.15, 0.2) is 0 Å². The molecular formula is C14H19N3O3. The first-order valence-electron chi connectivity index (χ1n) is 6.82. The summed E-state index contributed by atoms with van der Waals surface area (Å²) in [5, 5.41) is 0. The van der Waals surface area contributed by atoms with Crippen LogP contribution in [0.4, 0.5) is 4.79 Å². The summed E-state index contributed by atoms with van der Waals surface area (Å²) in [5.41, 5.74) is 5.21. The largest absolute Gasteiger partial charge is 0.351 e. The number of primary amides is 1. The minimum atomic E-state index is -0.394. The molecule has 2 rings (SSSR count). The molecule has 6 nitrogen and oxygen atoms in total. The number of nitrogens with zero attached hydrogens (tertiary/aromatic N) is 2. The van der Waals surface area contributed by atoms with Crippen LogP contribution >= 0.6 is 0 Å². The van der Waals surface area contributed by atoms with E-state index in [-0.39, 0.29) is 17.7 Å². The van der Waals surface area contributed by atoms with Crippen LogP contribution in [0.5, 0.6) is 0 Å². The minimum absolute atomic E-state index is 0.255. The number of amides is 4. The minimum Gasteiger partial charge on any atom is -0.351 e. The van der Waals surface area contributed by atoms with Gasteiger partial charge in [0.2, 0.25) is 0 Å². The predicted octanol–water partition coefficient (Wildman–Crippen LogP) is 0.648. The highest BCUT2D eigenvalue weighted by Gasteiger charge is 2.21. The van der Waals surface area contributed by atoms with Crippen LogP contribution in [0.1, 0.15) is 19.3 Å². The number of carbonyl (C=O) groups is 3. The molecule has 0 atom stereocenters. The van der Waals surface area contributed by atoms with Gasteiger partial charge < -0.3 is 10.6 Å². The van der Waals surface area contributed by atoms with Gasteiger partial charge in [-0.3, -0.25) is 14.5 Å². The highest BCUT2D eigenvalue weighted by Crippen LogP contribution is 2.18. The van der Waals surface area contributed by atoms with E-state index in [9.17, 15) is 14.4 Å². The zero-order chi connectivity index (χ0) is 14.5. The maximum Gasteiger partial charge on any atom is 0.314 e. The molecule has 0 spiro atoms. The molecule has 108 valence electrons. The topological polar surface area (TPSA) is 83.7 Å². The fourth-order valence-electron chi connectivity index (χ4n) is 2.43. The van der Waals surface area contributed by atoms with E-state index in [0.717, 1.165) is 12.8 Å². The van der Waals surface area contributed by atoms with Crippen LogP contribution in [0.3, 0.4) is 0 Å². The molecule has 2 heterocycles. The first-order valence-corrected chi connectivity index (χ1v) is 6.82. The number of urea groups is 1. The van der Waals surface area contributed by atoms with Gasteiger partial charge in [-0.15, -0.1) is 0 Å². The monoisotopic (exact) mass is 277 g/mol. The molecule has 2 aliphatic rings. The maximum atomic E-state index is 11.9. The van der Waals surface area contributed by atoms with E-state index in [2.05, 4.69) is 0 Å². The molecule has 0 aromatic rings. The van der Waals surface area contributed by atoms with Crippen molar-refractivity contribution in [3.05, 3.63) is 24.3 Å². The Hall–Kier alpha value is -2.11. The number of hydrogen-bond donors (Lipinski definition) is 1. The van der Waals surface area contributed by atoms with Crippen LogP contribution in [0.2, 0.25) is 0 Å². The van der Waals surface area contributed by atoms with Gasteiger partial charge in [-0.05, 0) is 37.3 Å². The summed E-state index contributed by atoms with van der Waals surface area (Å²) in [5.74, 6) is -0.267. The standard InChI is InChI=1S/C14H19N3O3/c15-14(20)16-9-6-11(7-10-16)4-5-13(19)17-8-2-1-3-12(17)18/h1,3-5,11H,2,6-10H2,(H2,15,20). The maximum absolute atomic E-state index is 11.9. The molecule has 4 amide bonds. The Kier molecular flexibility index (Phi) is 4.55. The Morgan fingerprint density at radius 1 is 1.25 bits per heavy atom. The zero-order valence-electron chi connectivity index (χ0n) is 11.3. The lowest BCUT2D eigenvalue weighted by atomic mass is 9.96. The summed E-state index contributed by atoms with van der Waals surface area (Å²) < 4.78 is 0. The number of rotatable bonds is 2. The number of hydrogen-bond acceptors (Lipinski definition) is 3. The summed E-state index contributed by atoms with van der Waals surface area (Å²) in [6.45, 7) is 1.67. The number of likely N-dealkylation sites (tertiary alicyclic amines) is 1. The van der Waals surface area contributed by atoms with Crippen molar-refractivity contribution in [2.45, 2.75) is 19.3 Å². The zero-order valence-corrected chi connectivity index (χ0v) is 11.3. The van der Waals surface area contributed by atoms with Gasteiger partial charge in [0.1, 0.15) is 0 Å². The lowest BCUT2D eigenvalue weighted by Crippen LogP contribution is -2.41. The third kappa shape index (κ3) is 3.46. The van der Waals surface area contributed by atoms with Crippen molar-refractivity contribution in [1.82, 2.24) is 9.80 Å². The van der Waals surface area contributed by atoms with Crippen LogP contribution in [0.15, 0.2) is 24.3 Å². The molecule has 0 saturated carbocycles. The Morgan fingerprint density at radius 2 is 1.95 bits per heavy atom. The number of allylic oxidation sites excluding steroid dienone is 1. The van der Waals surface area contributed by atoms with Crippen molar-refractivity contribution in [3.63, 3.8) is 0 Å². The van der Waals surface area contributed by atoms with E-state index in [1.807, 2.05) is 6.08 Å². The third-order valence-corrected chi connectivity index (χ3v) is 3.67. The highest BCUT2D eigenvalue weighted by molar-refractivity contribution is 6.05. The third-order valence-electron chi connectivity index (χ3n) is 3.67. The molecule has 6 heteroatoms. The predicted molar refractivity (Wildman–Crippen MR) is 73.5 cm³/mol. The average molecular weight is 277 g/mol. The van der Waals surface area contributed by atoms with E-state index in [0.29, 0.717) is 26.1 Å². The van der Waals surface area contributed by atoms with Crippen LogP contribution in [0, 0.1) is 5.92 Å². The molecule has 2 aliphatic heterocycles. The molecular weight excluding hydrogens is 258 g/mol. The van der Waals surface area contributed by atoms with Crippen molar-refractivity contribution >= 4 is 17.8 Å². The van der Waals surface area contributed by atoms with E-state index in [4.69, 9.17) is 5.73 Å². The lowest BCUT2D eigenvalue weighted by molar-refractivity contribution is -0.139. The molecule has 0 aliphatic carbocycles. The summed E-state index contributed by atoms with van der Waals surface area (Å²) in [6, 6.07) is -0.394. The van der Waals surface area contributed by atoms with Crippen LogP contribution < -0.4 is 5.73 Å². The number of carbonyl (C=O) groups excluding carboxylic acids is 3. The highest BCUT2D eigenvalue weighted by atomic mass is 16.2. The molecule has 0 aromatic carbocycles. The van der Waals surface area contributed by atoms with E-state index in [1.54, 1.807) is 11.0 Å². The van der Waals surface area contributed by atoms with Crippen molar-refractivity contribution in [2.75, 3.05) is 19.6 Å². The van der Waals surface area contributed by atoms with Crippen LogP contribution in [-0.2, 0) is 9.59 Å². The summed E-state index contributed by atoms with van der Waals surface area (Å²) in [7, 11) is 0. The second-order valence-electron chi connectivity index (χ2n) is 5.04. The normalized spacial score (nSPS) is 20.7. The van der Waals surface area contributed by atoms with Gasteiger partial charge in [-0.25, -0.2) is 4.79 Å². The van der Waals surface area contributed by atoms with Gasteiger partial charge in [-0.2, -0.15) is 0 Å². The molecule has 1 saturated heterocycles. The number of piperidine rings is 1. The quantitative estimate of drug-likeness (QED) is 0.752. The first-order chi connectivity index (χ1) is 9.58. The molecule has 0 bridgehead atoms. The fourth-order valence-corrected chi connectivity index (χ4v) is 2.43.